The zero-order valence-corrected chi connectivity index (χ0v) is 13.3. The van der Waals surface area contributed by atoms with Crippen LogP contribution in [0.1, 0.15) is 29.8 Å². The predicted octanol–water partition coefficient (Wildman–Crippen LogP) is 3.64. The van der Waals surface area contributed by atoms with Crippen molar-refractivity contribution >= 4 is 12.1 Å². The zero-order chi connectivity index (χ0) is 17.0. The molecule has 0 saturated heterocycles. The van der Waals surface area contributed by atoms with Gasteiger partial charge in [0.15, 0.2) is 0 Å². The van der Waals surface area contributed by atoms with Gasteiger partial charge in [0, 0.05) is 0 Å². The molecule has 0 saturated carbocycles. The van der Waals surface area contributed by atoms with Gasteiger partial charge in [0.05, 0.1) is 18.2 Å². The van der Waals surface area contributed by atoms with E-state index in [0.717, 1.165) is 16.7 Å². The summed E-state index contributed by atoms with van der Waals surface area (Å²) in [6, 6.07) is 14.3. The number of aromatic carboxylic acids is 1. The molecule has 5 nitrogen and oxygen atoms in total. The molecule has 23 heavy (non-hydrogen) atoms. The molecule has 5 heteroatoms. The second kappa shape index (κ2) is 6.52. The van der Waals surface area contributed by atoms with Crippen molar-refractivity contribution in [3.05, 3.63) is 59.7 Å². The topological polar surface area (TPSA) is 75.6 Å². The second-order valence-corrected chi connectivity index (χ2v) is 5.67. The van der Waals surface area contributed by atoms with Gasteiger partial charge >= 0.3 is 12.1 Å². The van der Waals surface area contributed by atoms with Crippen LogP contribution in [0, 0.1) is 0 Å². The third kappa shape index (κ3) is 3.69. The molecule has 1 amide bonds. The van der Waals surface area contributed by atoms with Crippen LogP contribution in [0.25, 0.3) is 11.1 Å². The molecule has 0 aliphatic rings. The van der Waals surface area contributed by atoms with Gasteiger partial charge in [-0.3, -0.25) is 0 Å². The minimum Gasteiger partial charge on any atom is -0.478 e. The number of ether oxygens (including phenoxy) is 1. The van der Waals surface area contributed by atoms with Gasteiger partial charge in [-0.1, -0.05) is 36.4 Å². The summed E-state index contributed by atoms with van der Waals surface area (Å²) in [5.74, 6) is -0.976. The van der Waals surface area contributed by atoms with Gasteiger partial charge < -0.3 is 15.2 Å². The lowest BCUT2D eigenvalue weighted by atomic mass is 9.86. The fourth-order valence-corrected chi connectivity index (χ4v) is 2.47. The Bertz CT molecular complexity index is 737. The molecule has 120 valence electrons. The number of benzene rings is 2. The predicted molar refractivity (Wildman–Crippen MR) is 87.4 cm³/mol. The van der Waals surface area contributed by atoms with E-state index in [1.54, 1.807) is 18.2 Å². The van der Waals surface area contributed by atoms with Gasteiger partial charge in [0.1, 0.15) is 0 Å². The molecule has 0 radical (unpaired) electrons. The van der Waals surface area contributed by atoms with Crippen LogP contribution in [0.2, 0.25) is 0 Å². The van der Waals surface area contributed by atoms with Crippen molar-refractivity contribution in [2.75, 3.05) is 7.11 Å². The molecule has 0 aromatic heterocycles. The molecular weight excluding hydrogens is 294 g/mol. The molecule has 0 spiro atoms. The van der Waals surface area contributed by atoms with E-state index >= 15 is 0 Å². The highest BCUT2D eigenvalue weighted by atomic mass is 16.5. The molecule has 2 aromatic carbocycles. The normalized spacial score (nSPS) is 10.9. The lowest BCUT2D eigenvalue weighted by molar-refractivity contribution is 0.0697. The third-order valence-corrected chi connectivity index (χ3v) is 3.62. The van der Waals surface area contributed by atoms with Crippen molar-refractivity contribution < 1.29 is 19.4 Å². The Hall–Kier alpha value is -2.82. The van der Waals surface area contributed by atoms with E-state index in [1.165, 1.54) is 7.11 Å². The first-order valence-electron chi connectivity index (χ1n) is 7.14. The molecule has 2 aromatic rings. The standard InChI is InChI=1S/C18H19NO4/c1-18(2,19-17(22)23-3)15-10-5-4-9-14(15)12-7-6-8-13(11-12)16(20)21/h4-11H,1-3H3,(H,19,22)(H,20,21). The molecular formula is C18H19NO4. The largest absolute Gasteiger partial charge is 0.478 e. The lowest BCUT2D eigenvalue weighted by Crippen LogP contribution is -2.41. The third-order valence-electron chi connectivity index (χ3n) is 3.62. The molecule has 0 unspecified atom stereocenters. The Balaban J connectivity index is 2.51. The Morgan fingerprint density at radius 1 is 1.09 bits per heavy atom. The number of carbonyl (C=O) groups excluding carboxylic acids is 1. The van der Waals surface area contributed by atoms with Crippen LogP contribution in [0.15, 0.2) is 48.5 Å². The maximum atomic E-state index is 11.6. The highest BCUT2D eigenvalue weighted by molar-refractivity contribution is 5.89. The number of nitrogens with one attached hydrogen (secondary N) is 1. The van der Waals surface area contributed by atoms with Crippen molar-refractivity contribution in [1.82, 2.24) is 5.32 Å². The number of methoxy groups -OCH3 is 1. The highest BCUT2D eigenvalue weighted by Crippen LogP contribution is 2.32. The van der Waals surface area contributed by atoms with Gasteiger partial charge in [0.2, 0.25) is 0 Å². The number of hydrogen-bond acceptors (Lipinski definition) is 3. The number of carboxylic acids is 1. The summed E-state index contributed by atoms with van der Waals surface area (Å²) in [6.45, 7) is 3.73. The van der Waals surface area contributed by atoms with E-state index in [-0.39, 0.29) is 5.56 Å². The number of hydrogen-bond donors (Lipinski definition) is 2. The van der Waals surface area contributed by atoms with Gasteiger partial charge in [-0.15, -0.1) is 0 Å². The quantitative estimate of drug-likeness (QED) is 0.903. The number of alkyl carbamates (subject to hydrolysis) is 1. The van der Waals surface area contributed by atoms with Crippen LogP contribution in [-0.4, -0.2) is 24.3 Å². The fourth-order valence-electron chi connectivity index (χ4n) is 2.47. The van der Waals surface area contributed by atoms with Crippen molar-refractivity contribution in [3.8, 4) is 11.1 Å². The van der Waals surface area contributed by atoms with E-state index < -0.39 is 17.6 Å². The molecule has 0 bridgehead atoms. The smallest absolute Gasteiger partial charge is 0.407 e. The Labute approximate surface area is 134 Å². The van der Waals surface area contributed by atoms with Crippen LogP contribution < -0.4 is 5.32 Å². The first kappa shape index (κ1) is 16.5. The van der Waals surface area contributed by atoms with Crippen LogP contribution in [-0.2, 0) is 10.3 Å². The monoisotopic (exact) mass is 313 g/mol. The summed E-state index contributed by atoms with van der Waals surface area (Å²) in [7, 11) is 1.31. The number of carboxylic acid groups (broad SMARTS) is 1. The van der Waals surface area contributed by atoms with Crippen LogP contribution in [0.5, 0.6) is 0 Å². The average Bonchev–Trinajstić information content (AvgIpc) is 2.54. The maximum absolute atomic E-state index is 11.6. The summed E-state index contributed by atoms with van der Waals surface area (Å²) >= 11 is 0. The van der Waals surface area contributed by atoms with Crippen molar-refractivity contribution in [3.63, 3.8) is 0 Å². The first-order valence-corrected chi connectivity index (χ1v) is 7.14. The van der Waals surface area contributed by atoms with Gasteiger partial charge in [-0.2, -0.15) is 0 Å². The summed E-state index contributed by atoms with van der Waals surface area (Å²) < 4.78 is 4.68. The molecule has 0 heterocycles. The maximum Gasteiger partial charge on any atom is 0.407 e. The molecule has 2 N–H and O–H groups in total. The number of carbonyl (C=O) groups is 2. The highest BCUT2D eigenvalue weighted by Gasteiger charge is 2.26. The second-order valence-electron chi connectivity index (χ2n) is 5.67. The Morgan fingerprint density at radius 2 is 1.78 bits per heavy atom. The zero-order valence-electron chi connectivity index (χ0n) is 13.3. The van der Waals surface area contributed by atoms with E-state index in [1.807, 2.05) is 44.2 Å². The SMILES string of the molecule is COC(=O)NC(C)(C)c1ccccc1-c1cccc(C(=O)O)c1. The van der Waals surface area contributed by atoms with Gasteiger partial charge in [-0.25, -0.2) is 9.59 Å². The van der Waals surface area contributed by atoms with Gasteiger partial charge in [-0.05, 0) is 42.7 Å². The molecule has 0 aliphatic carbocycles. The average molecular weight is 313 g/mol. The van der Waals surface area contributed by atoms with Crippen molar-refractivity contribution in [2.24, 2.45) is 0 Å². The molecule has 0 aliphatic heterocycles. The Morgan fingerprint density at radius 3 is 2.43 bits per heavy atom. The number of rotatable bonds is 4. The van der Waals surface area contributed by atoms with E-state index in [9.17, 15) is 9.59 Å². The molecule has 0 fully saturated rings. The minimum absolute atomic E-state index is 0.219. The summed E-state index contributed by atoms with van der Waals surface area (Å²) in [4.78, 5) is 22.8. The van der Waals surface area contributed by atoms with E-state index in [0.29, 0.717) is 0 Å². The van der Waals surface area contributed by atoms with Crippen LogP contribution >= 0.6 is 0 Å². The van der Waals surface area contributed by atoms with E-state index in [2.05, 4.69) is 10.1 Å². The lowest BCUT2D eigenvalue weighted by Gasteiger charge is -2.28. The van der Waals surface area contributed by atoms with Crippen LogP contribution in [0.3, 0.4) is 0 Å². The first-order chi connectivity index (χ1) is 10.8. The molecule has 0 atom stereocenters. The minimum atomic E-state index is -0.976. The summed E-state index contributed by atoms with van der Waals surface area (Å²) in [5, 5.41) is 12.0. The Kier molecular flexibility index (Phi) is 4.69. The molecule has 2 rings (SSSR count). The summed E-state index contributed by atoms with van der Waals surface area (Å²) in [6.07, 6.45) is -0.524. The van der Waals surface area contributed by atoms with Crippen molar-refractivity contribution in [2.45, 2.75) is 19.4 Å². The van der Waals surface area contributed by atoms with Crippen molar-refractivity contribution in [1.29, 1.82) is 0 Å². The van der Waals surface area contributed by atoms with Crippen LogP contribution in [0.4, 0.5) is 4.79 Å². The number of amides is 1. The van der Waals surface area contributed by atoms with E-state index in [4.69, 9.17) is 5.11 Å². The van der Waals surface area contributed by atoms with Gasteiger partial charge in [0.25, 0.3) is 0 Å². The summed E-state index contributed by atoms with van der Waals surface area (Å²) in [5.41, 5.74) is 2.05. The fraction of sp³-hybridized carbons (Fsp3) is 0.222.